The zero-order valence-electron chi connectivity index (χ0n) is 10.6. The second kappa shape index (κ2) is 6.47. The highest BCUT2D eigenvalue weighted by molar-refractivity contribution is 5.67. The van der Waals surface area contributed by atoms with E-state index in [1.165, 1.54) is 6.07 Å². The summed E-state index contributed by atoms with van der Waals surface area (Å²) in [7, 11) is 1.78. The molecule has 100 valence electrons. The molecule has 1 aromatic rings. The van der Waals surface area contributed by atoms with Crippen LogP contribution in [0.4, 0.5) is 4.39 Å². The van der Waals surface area contributed by atoms with E-state index >= 15 is 0 Å². The Kier molecular flexibility index (Phi) is 5.25. The molecule has 0 spiro atoms. The maximum Gasteiger partial charge on any atom is 0.306 e. The van der Waals surface area contributed by atoms with Crippen LogP contribution in [0.15, 0.2) is 18.2 Å². The Labute approximate surface area is 106 Å². The first-order valence-corrected chi connectivity index (χ1v) is 5.72. The zero-order valence-corrected chi connectivity index (χ0v) is 10.6. The number of likely N-dealkylation sites (N-methyl/N-ethyl adjacent to an activating group) is 1. The summed E-state index contributed by atoms with van der Waals surface area (Å²) in [6.07, 6.45) is -1.17. The highest BCUT2D eigenvalue weighted by atomic mass is 19.1. The van der Waals surface area contributed by atoms with Crippen molar-refractivity contribution in [2.24, 2.45) is 0 Å². The summed E-state index contributed by atoms with van der Waals surface area (Å²) in [5, 5.41) is 18.0. The maximum absolute atomic E-state index is 13.1. The number of aliphatic hydroxyl groups is 1. The summed E-state index contributed by atoms with van der Waals surface area (Å²) in [6, 6.07) is 4.84. The van der Waals surface area contributed by atoms with Gasteiger partial charge in [-0.05, 0) is 31.2 Å². The normalized spacial score (nSPS) is 12.7. The highest BCUT2D eigenvalue weighted by Crippen LogP contribution is 2.11. The van der Waals surface area contributed by atoms with E-state index in [1.54, 1.807) is 31.0 Å². The number of carboxylic acids is 1. The standard InChI is InChI=1S/C13H18FNO3/c1-9-5-10(3-4-12(9)14)7-15(2)8-11(16)6-13(17)18/h3-5,11,16H,6-8H2,1-2H3,(H,17,18). The molecule has 0 aliphatic rings. The van der Waals surface area contributed by atoms with Crippen molar-refractivity contribution in [1.82, 2.24) is 4.90 Å². The summed E-state index contributed by atoms with van der Waals surface area (Å²) in [6.45, 7) is 2.50. The quantitative estimate of drug-likeness (QED) is 0.806. The van der Waals surface area contributed by atoms with Gasteiger partial charge in [0, 0.05) is 13.1 Å². The lowest BCUT2D eigenvalue weighted by atomic mass is 10.1. The second-order valence-corrected chi connectivity index (χ2v) is 4.53. The largest absolute Gasteiger partial charge is 0.481 e. The van der Waals surface area contributed by atoms with E-state index in [9.17, 15) is 14.3 Å². The van der Waals surface area contributed by atoms with Gasteiger partial charge in [0.25, 0.3) is 0 Å². The highest BCUT2D eigenvalue weighted by Gasteiger charge is 2.12. The van der Waals surface area contributed by atoms with Crippen LogP contribution in [0.5, 0.6) is 0 Å². The molecule has 0 bridgehead atoms. The summed E-state index contributed by atoms with van der Waals surface area (Å²) < 4.78 is 13.1. The number of nitrogens with zero attached hydrogens (tertiary/aromatic N) is 1. The van der Waals surface area contributed by atoms with E-state index < -0.39 is 12.1 Å². The third-order valence-corrected chi connectivity index (χ3v) is 2.61. The minimum atomic E-state index is -1.02. The minimum Gasteiger partial charge on any atom is -0.481 e. The Balaban J connectivity index is 2.51. The molecule has 0 aliphatic carbocycles. The predicted octanol–water partition coefficient (Wildman–Crippen LogP) is 1.40. The van der Waals surface area contributed by atoms with E-state index in [-0.39, 0.29) is 18.8 Å². The van der Waals surface area contributed by atoms with Crippen molar-refractivity contribution < 1.29 is 19.4 Å². The smallest absolute Gasteiger partial charge is 0.306 e. The fourth-order valence-electron chi connectivity index (χ4n) is 1.81. The SMILES string of the molecule is Cc1cc(CN(C)CC(O)CC(=O)O)ccc1F. The van der Waals surface area contributed by atoms with Gasteiger partial charge in [-0.3, -0.25) is 9.69 Å². The van der Waals surface area contributed by atoms with Gasteiger partial charge in [0.05, 0.1) is 12.5 Å². The fourth-order valence-corrected chi connectivity index (χ4v) is 1.81. The first-order valence-electron chi connectivity index (χ1n) is 5.72. The van der Waals surface area contributed by atoms with Crippen LogP contribution in [-0.4, -0.2) is 40.8 Å². The van der Waals surface area contributed by atoms with Gasteiger partial charge in [0.2, 0.25) is 0 Å². The van der Waals surface area contributed by atoms with Gasteiger partial charge >= 0.3 is 5.97 Å². The number of aryl methyl sites for hydroxylation is 1. The molecule has 0 aliphatic heterocycles. The molecule has 18 heavy (non-hydrogen) atoms. The first-order chi connectivity index (χ1) is 8.38. The second-order valence-electron chi connectivity index (χ2n) is 4.53. The molecule has 0 fully saturated rings. The maximum atomic E-state index is 13.1. The molecule has 1 aromatic carbocycles. The summed E-state index contributed by atoms with van der Waals surface area (Å²) in [4.78, 5) is 12.2. The number of aliphatic carboxylic acids is 1. The Bertz CT molecular complexity index is 423. The van der Waals surface area contributed by atoms with Crippen molar-refractivity contribution in [3.63, 3.8) is 0 Å². The number of halogens is 1. The molecule has 5 heteroatoms. The van der Waals surface area contributed by atoms with Crippen LogP contribution in [0.1, 0.15) is 17.5 Å². The average molecular weight is 255 g/mol. The predicted molar refractivity (Wildman–Crippen MR) is 65.7 cm³/mol. The summed E-state index contributed by atoms with van der Waals surface area (Å²) in [5.41, 5.74) is 1.51. The molecule has 0 aromatic heterocycles. The molecule has 0 saturated carbocycles. The Morgan fingerprint density at radius 1 is 1.50 bits per heavy atom. The van der Waals surface area contributed by atoms with Crippen LogP contribution in [0, 0.1) is 12.7 Å². The molecule has 1 unspecified atom stereocenters. The van der Waals surface area contributed by atoms with Crippen molar-refractivity contribution >= 4 is 5.97 Å². The Morgan fingerprint density at radius 3 is 2.72 bits per heavy atom. The molecule has 0 saturated heterocycles. The molecule has 0 radical (unpaired) electrons. The van der Waals surface area contributed by atoms with Crippen LogP contribution in [-0.2, 0) is 11.3 Å². The van der Waals surface area contributed by atoms with E-state index in [0.29, 0.717) is 12.1 Å². The monoisotopic (exact) mass is 255 g/mol. The van der Waals surface area contributed by atoms with Crippen LogP contribution in [0.3, 0.4) is 0 Å². The van der Waals surface area contributed by atoms with Gasteiger partial charge in [-0.2, -0.15) is 0 Å². The molecule has 1 rings (SSSR count). The topological polar surface area (TPSA) is 60.8 Å². The molecule has 1 atom stereocenters. The summed E-state index contributed by atoms with van der Waals surface area (Å²) in [5.74, 6) is -1.26. The third-order valence-electron chi connectivity index (χ3n) is 2.61. The van der Waals surface area contributed by atoms with Crippen LogP contribution in [0.25, 0.3) is 0 Å². The molecule has 2 N–H and O–H groups in total. The van der Waals surface area contributed by atoms with Crippen molar-refractivity contribution in [3.05, 3.63) is 35.1 Å². The lowest BCUT2D eigenvalue weighted by Crippen LogP contribution is -2.30. The average Bonchev–Trinajstić information content (AvgIpc) is 2.21. The van der Waals surface area contributed by atoms with Crippen molar-refractivity contribution in [3.8, 4) is 0 Å². The van der Waals surface area contributed by atoms with Crippen molar-refractivity contribution in [2.45, 2.75) is 26.0 Å². The number of hydrogen-bond acceptors (Lipinski definition) is 3. The van der Waals surface area contributed by atoms with Crippen LogP contribution >= 0.6 is 0 Å². The number of hydrogen-bond donors (Lipinski definition) is 2. The molecular weight excluding hydrogens is 237 g/mol. The number of aliphatic hydroxyl groups excluding tert-OH is 1. The minimum absolute atomic E-state index is 0.243. The van der Waals surface area contributed by atoms with Gasteiger partial charge in [0.1, 0.15) is 5.82 Å². The molecule has 0 amide bonds. The number of carboxylic acid groups (broad SMARTS) is 1. The van der Waals surface area contributed by atoms with E-state index in [2.05, 4.69) is 0 Å². The summed E-state index contributed by atoms with van der Waals surface area (Å²) >= 11 is 0. The zero-order chi connectivity index (χ0) is 13.7. The van der Waals surface area contributed by atoms with E-state index in [0.717, 1.165) is 5.56 Å². The molecule has 0 heterocycles. The van der Waals surface area contributed by atoms with Gasteiger partial charge in [-0.1, -0.05) is 12.1 Å². The van der Waals surface area contributed by atoms with E-state index in [4.69, 9.17) is 5.11 Å². The van der Waals surface area contributed by atoms with Crippen molar-refractivity contribution in [2.75, 3.05) is 13.6 Å². The number of benzene rings is 1. The van der Waals surface area contributed by atoms with Crippen LogP contribution in [0.2, 0.25) is 0 Å². The van der Waals surface area contributed by atoms with Gasteiger partial charge in [-0.15, -0.1) is 0 Å². The Hall–Kier alpha value is -1.46. The van der Waals surface area contributed by atoms with Gasteiger partial charge in [0.15, 0.2) is 0 Å². The molecule has 4 nitrogen and oxygen atoms in total. The van der Waals surface area contributed by atoms with Gasteiger partial charge in [-0.25, -0.2) is 4.39 Å². The lowest BCUT2D eigenvalue weighted by molar-refractivity contribution is -0.139. The number of carbonyl (C=O) groups is 1. The first kappa shape index (κ1) is 14.6. The Morgan fingerprint density at radius 2 is 2.17 bits per heavy atom. The van der Waals surface area contributed by atoms with Gasteiger partial charge < -0.3 is 10.2 Å². The van der Waals surface area contributed by atoms with Crippen LogP contribution < -0.4 is 0 Å². The van der Waals surface area contributed by atoms with E-state index in [1.807, 2.05) is 0 Å². The number of rotatable bonds is 6. The molecular formula is C13H18FNO3. The lowest BCUT2D eigenvalue weighted by Gasteiger charge is -2.19. The fraction of sp³-hybridized carbons (Fsp3) is 0.462. The van der Waals surface area contributed by atoms with Crippen molar-refractivity contribution in [1.29, 1.82) is 0 Å². The third kappa shape index (κ3) is 4.81.